The van der Waals surface area contributed by atoms with Crippen LogP contribution in [0.1, 0.15) is 36.7 Å². The van der Waals surface area contributed by atoms with Crippen molar-refractivity contribution in [1.29, 1.82) is 5.26 Å². The molecular formula is C16H19N7S. The second-order valence-corrected chi connectivity index (χ2v) is 6.29. The number of hydrogen-bond donors (Lipinski definition) is 0. The van der Waals surface area contributed by atoms with Crippen LogP contribution >= 0.6 is 11.8 Å². The summed E-state index contributed by atoms with van der Waals surface area (Å²) in [4.78, 5) is 8.14. The lowest BCUT2D eigenvalue weighted by Crippen LogP contribution is -2.37. The van der Waals surface area contributed by atoms with Crippen LogP contribution < -0.4 is 0 Å². The van der Waals surface area contributed by atoms with Crippen molar-refractivity contribution in [2.45, 2.75) is 25.3 Å². The summed E-state index contributed by atoms with van der Waals surface area (Å²) < 4.78 is 0. The van der Waals surface area contributed by atoms with E-state index in [1.54, 1.807) is 23.9 Å². The number of aliphatic imine (C=N–C) groups is 1. The minimum absolute atomic E-state index is 0.0952. The summed E-state index contributed by atoms with van der Waals surface area (Å²) in [5, 5.41) is 23.0. The average Bonchev–Trinajstić information content (AvgIpc) is 3.13. The first kappa shape index (κ1) is 16.5. The first-order valence-corrected chi connectivity index (χ1v) is 9.07. The number of tetrazole rings is 1. The fraction of sp³-hybridized carbons (Fsp3) is 0.438. The number of nitriles is 1. The molecule has 3 rings (SSSR count). The molecule has 1 aromatic carbocycles. The lowest BCUT2D eigenvalue weighted by atomic mass is 10.0. The SMILES string of the molecule is C/N=C(\SC)N1CCCCC1c1nnn(-c2cccc(C#N)c2)n1. The Bertz CT molecular complexity index is 777. The summed E-state index contributed by atoms with van der Waals surface area (Å²) in [6.45, 7) is 0.955. The summed E-state index contributed by atoms with van der Waals surface area (Å²) in [6, 6.07) is 9.42. The lowest BCUT2D eigenvalue weighted by molar-refractivity contribution is 0.239. The third-order valence-corrected chi connectivity index (χ3v) is 4.84. The van der Waals surface area contributed by atoms with Gasteiger partial charge in [-0.25, -0.2) is 0 Å². The van der Waals surface area contributed by atoms with Gasteiger partial charge >= 0.3 is 0 Å². The first-order chi connectivity index (χ1) is 11.8. The van der Waals surface area contributed by atoms with Crippen LogP contribution in [0, 0.1) is 11.3 Å². The zero-order chi connectivity index (χ0) is 16.9. The van der Waals surface area contributed by atoms with Gasteiger partial charge in [-0.2, -0.15) is 5.26 Å². The number of thioether (sulfide) groups is 1. The number of aromatic nitrogens is 4. The van der Waals surface area contributed by atoms with Gasteiger partial charge in [0.1, 0.15) is 0 Å². The Morgan fingerprint density at radius 2 is 2.29 bits per heavy atom. The Kier molecular flexibility index (Phi) is 5.11. The maximum atomic E-state index is 9.03. The molecule has 1 saturated heterocycles. The molecule has 0 spiro atoms. The molecule has 0 N–H and O–H groups in total. The summed E-state index contributed by atoms with van der Waals surface area (Å²) in [6.07, 6.45) is 5.31. The molecule has 1 aliphatic rings. The van der Waals surface area contributed by atoms with Crippen molar-refractivity contribution in [3.05, 3.63) is 35.7 Å². The monoisotopic (exact) mass is 341 g/mol. The standard InChI is InChI=1S/C16H19N7S/c1-18-16(24-2)22-9-4-3-8-14(22)15-19-21-23(20-15)13-7-5-6-12(10-13)11-17/h5-7,10,14H,3-4,8-9H2,1-2H3/b18-16-. The van der Waals surface area contributed by atoms with E-state index in [0.717, 1.165) is 36.7 Å². The van der Waals surface area contributed by atoms with Crippen LogP contribution in [0.2, 0.25) is 0 Å². The van der Waals surface area contributed by atoms with Gasteiger partial charge in [-0.1, -0.05) is 17.8 Å². The molecule has 0 bridgehead atoms. The van der Waals surface area contributed by atoms with Crippen LogP contribution in [0.5, 0.6) is 0 Å². The minimum atomic E-state index is 0.0952. The number of benzene rings is 1. The molecule has 0 saturated carbocycles. The van der Waals surface area contributed by atoms with E-state index in [4.69, 9.17) is 5.26 Å². The third kappa shape index (κ3) is 3.26. The van der Waals surface area contributed by atoms with Gasteiger partial charge in [-0.05, 0) is 48.9 Å². The molecule has 1 aliphatic heterocycles. The van der Waals surface area contributed by atoms with E-state index in [9.17, 15) is 0 Å². The van der Waals surface area contributed by atoms with Gasteiger partial charge in [0.25, 0.3) is 0 Å². The van der Waals surface area contributed by atoms with Gasteiger partial charge < -0.3 is 4.90 Å². The molecule has 1 fully saturated rings. The molecule has 0 amide bonds. The van der Waals surface area contributed by atoms with Crippen molar-refractivity contribution in [3.63, 3.8) is 0 Å². The normalized spacial score (nSPS) is 18.5. The maximum absolute atomic E-state index is 9.03. The highest BCUT2D eigenvalue weighted by atomic mass is 32.2. The molecule has 1 aromatic heterocycles. The number of nitrogens with zero attached hydrogens (tertiary/aromatic N) is 7. The lowest BCUT2D eigenvalue weighted by Gasteiger charge is -2.35. The molecule has 1 atom stereocenters. The predicted octanol–water partition coefficient (Wildman–Crippen LogP) is 2.41. The van der Waals surface area contributed by atoms with Crippen LogP contribution in [0.4, 0.5) is 0 Å². The average molecular weight is 341 g/mol. The molecule has 2 heterocycles. The van der Waals surface area contributed by atoms with Crippen molar-refractivity contribution in [2.75, 3.05) is 19.8 Å². The van der Waals surface area contributed by atoms with Crippen molar-refractivity contribution < 1.29 is 0 Å². The van der Waals surface area contributed by atoms with Gasteiger partial charge in [0.05, 0.1) is 23.4 Å². The first-order valence-electron chi connectivity index (χ1n) is 7.84. The fourth-order valence-electron chi connectivity index (χ4n) is 2.93. The predicted molar refractivity (Wildman–Crippen MR) is 94.0 cm³/mol. The van der Waals surface area contributed by atoms with Gasteiger partial charge in [-0.3, -0.25) is 4.99 Å². The van der Waals surface area contributed by atoms with Crippen molar-refractivity contribution in [3.8, 4) is 11.8 Å². The van der Waals surface area contributed by atoms with Crippen molar-refractivity contribution in [2.24, 2.45) is 4.99 Å². The van der Waals surface area contributed by atoms with Gasteiger partial charge in [0.2, 0.25) is 0 Å². The van der Waals surface area contributed by atoms with E-state index in [1.165, 1.54) is 4.80 Å². The van der Waals surface area contributed by atoms with E-state index < -0.39 is 0 Å². The summed E-state index contributed by atoms with van der Waals surface area (Å²) >= 11 is 1.64. The van der Waals surface area contributed by atoms with Crippen LogP contribution in [-0.4, -0.2) is 50.1 Å². The minimum Gasteiger partial charge on any atom is -0.341 e. The molecule has 0 radical (unpaired) electrons. The van der Waals surface area contributed by atoms with Crippen LogP contribution in [-0.2, 0) is 0 Å². The Morgan fingerprint density at radius 3 is 3.04 bits per heavy atom. The summed E-state index contributed by atoms with van der Waals surface area (Å²) in [7, 11) is 1.81. The second kappa shape index (κ2) is 7.45. The van der Waals surface area contributed by atoms with Crippen molar-refractivity contribution >= 4 is 16.9 Å². The Morgan fingerprint density at radius 1 is 1.42 bits per heavy atom. The fourth-order valence-corrected chi connectivity index (χ4v) is 3.57. The van der Waals surface area contributed by atoms with Crippen molar-refractivity contribution in [1.82, 2.24) is 25.1 Å². The smallest absolute Gasteiger partial charge is 0.197 e. The van der Waals surface area contributed by atoms with Crippen LogP contribution in [0.25, 0.3) is 5.69 Å². The number of amidine groups is 1. The number of rotatable bonds is 2. The van der Waals surface area contributed by atoms with E-state index >= 15 is 0 Å². The molecule has 124 valence electrons. The summed E-state index contributed by atoms with van der Waals surface area (Å²) in [5.41, 5.74) is 1.32. The van der Waals surface area contributed by atoms with Gasteiger partial charge in [0, 0.05) is 13.6 Å². The van der Waals surface area contributed by atoms with Gasteiger partial charge in [0.15, 0.2) is 11.0 Å². The number of piperidine rings is 1. The number of likely N-dealkylation sites (tertiary alicyclic amines) is 1. The molecule has 8 heteroatoms. The third-order valence-electron chi connectivity index (χ3n) is 4.06. The van der Waals surface area contributed by atoms with Crippen LogP contribution in [0.15, 0.2) is 29.3 Å². The zero-order valence-electron chi connectivity index (χ0n) is 13.8. The van der Waals surface area contributed by atoms with E-state index in [2.05, 4.69) is 31.4 Å². The topological polar surface area (TPSA) is 83.0 Å². The molecule has 2 aromatic rings. The molecule has 24 heavy (non-hydrogen) atoms. The molecule has 0 aliphatic carbocycles. The van der Waals surface area contributed by atoms with Crippen LogP contribution in [0.3, 0.4) is 0 Å². The maximum Gasteiger partial charge on any atom is 0.197 e. The highest BCUT2D eigenvalue weighted by molar-refractivity contribution is 8.13. The zero-order valence-corrected chi connectivity index (χ0v) is 14.6. The Labute approximate surface area is 145 Å². The Balaban J connectivity index is 1.89. The summed E-state index contributed by atoms with van der Waals surface area (Å²) in [5.74, 6) is 0.701. The second-order valence-electron chi connectivity index (χ2n) is 5.51. The van der Waals surface area contributed by atoms with E-state index in [0.29, 0.717) is 11.4 Å². The molecule has 7 nitrogen and oxygen atoms in total. The largest absolute Gasteiger partial charge is 0.341 e. The quantitative estimate of drug-likeness (QED) is 0.616. The number of hydrogen-bond acceptors (Lipinski definition) is 6. The molecular weight excluding hydrogens is 322 g/mol. The Hall–Kier alpha value is -2.40. The highest BCUT2D eigenvalue weighted by Gasteiger charge is 2.29. The highest BCUT2D eigenvalue weighted by Crippen LogP contribution is 2.30. The van der Waals surface area contributed by atoms with E-state index in [1.807, 2.05) is 25.4 Å². The van der Waals surface area contributed by atoms with E-state index in [-0.39, 0.29) is 6.04 Å². The molecule has 1 unspecified atom stereocenters. The van der Waals surface area contributed by atoms with Gasteiger partial charge in [-0.15, -0.1) is 15.0 Å².